The van der Waals surface area contributed by atoms with Gasteiger partial charge in [0.1, 0.15) is 5.82 Å². The summed E-state index contributed by atoms with van der Waals surface area (Å²) in [5.41, 5.74) is 1.31. The van der Waals surface area contributed by atoms with E-state index in [-0.39, 0.29) is 11.1 Å². The van der Waals surface area contributed by atoms with Crippen LogP contribution in [0.1, 0.15) is 31.9 Å². The molecule has 154 valence electrons. The first-order chi connectivity index (χ1) is 14.5. The van der Waals surface area contributed by atoms with Gasteiger partial charge in [0.25, 0.3) is 0 Å². The van der Waals surface area contributed by atoms with Crippen LogP contribution in [0.3, 0.4) is 0 Å². The van der Waals surface area contributed by atoms with E-state index in [2.05, 4.69) is 34.2 Å². The van der Waals surface area contributed by atoms with Crippen molar-refractivity contribution in [2.45, 2.75) is 37.7 Å². The average Bonchev–Trinajstić information content (AvgIpc) is 3.37. The zero-order valence-electron chi connectivity index (χ0n) is 17.0. The molecule has 2 heterocycles. The molecule has 0 amide bonds. The molecular formula is C22H22FN5OS. The molecule has 2 aromatic heterocycles. The molecule has 8 heteroatoms. The van der Waals surface area contributed by atoms with Gasteiger partial charge >= 0.3 is 0 Å². The van der Waals surface area contributed by atoms with Gasteiger partial charge in [0.2, 0.25) is 11.8 Å². The number of rotatable bonds is 7. The topological polar surface area (TPSA) is 69.6 Å². The molecule has 4 aromatic rings. The van der Waals surface area contributed by atoms with Crippen LogP contribution in [0.2, 0.25) is 0 Å². The maximum absolute atomic E-state index is 14.4. The number of benzene rings is 2. The van der Waals surface area contributed by atoms with Crippen LogP contribution in [0, 0.1) is 11.7 Å². The predicted octanol–water partition coefficient (Wildman–Crippen LogP) is 5.64. The average molecular weight is 424 g/mol. The molecule has 6 nitrogen and oxygen atoms in total. The first-order valence-electron chi connectivity index (χ1n) is 9.76. The van der Waals surface area contributed by atoms with E-state index in [0.29, 0.717) is 40.8 Å². The highest BCUT2D eigenvalue weighted by atomic mass is 32.2. The second-order valence-corrected chi connectivity index (χ2v) is 8.67. The van der Waals surface area contributed by atoms with Crippen LogP contribution in [0.25, 0.3) is 22.8 Å². The van der Waals surface area contributed by atoms with Crippen molar-refractivity contribution >= 4 is 11.8 Å². The molecule has 0 N–H and O–H groups in total. The van der Waals surface area contributed by atoms with E-state index < -0.39 is 0 Å². The Hall–Kier alpha value is -3.00. The molecule has 4 rings (SSSR count). The zero-order valence-corrected chi connectivity index (χ0v) is 17.8. The third-order valence-electron chi connectivity index (χ3n) is 4.47. The molecule has 0 saturated carbocycles. The van der Waals surface area contributed by atoms with Crippen LogP contribution < -0.4 is 0 Å². The lowest BCUT2D eigenvalue weighted by Crippen LogP contribution is -2.09. The Morgan fingerprint density at radius 3 is 2.40 bits per heavy atom. The molecule has 0 spiro atoms. The Bertz CT molecular complexity index is 1130. The molecule has 1 unspecified atom stereocenters. The quantitative estimate of drug-likeness (QED) is 0.358. The van der Waals surface area contributed by atoms with Crippen LogP contribution in [-0.4, -0.2) is 25.0 Å². The van der Waals surface area contributed by atoms with Gasteiger partial charge in [-0.3, -0.25) is 0 Å². The SMILES string of the molecule is CC(C)Cn1c(SC(C)c2nnc(-c3ccccc3)o2)nnc1-c1ccccc1F. The van der Waals surface area contributed by atoms with Crippen molar-refractivity contribution in [3.05, 3.63) is 66.3 Å². The summed E-state index contributed by atoms with van der Waals surface area (Å²) >= 11 is 1.47. The molecule has 0 radical (unpaired) electrons. The Labute approximate surface area is 178 Å². The summed E-state index contributed by atoms with van der Waals surface area (Å²) in [4.78, 5) is 0. The van der Waals surface area contributed by atoms with Gasteiger partial charge in [0.15, 0.2) is 11.0 Å². The highest BCUT2D eigenvalue weighted by molar-refractivity contribution is 7.99. The van der Waals surface area contributed by atoms with Gasteiger partial charge in [-0.25, -0.2) is 4.39 Å². The van der Waals surface area contributed by atoms with Crippen molar-refractivity contribution in [3.63, 3.8) is 0 Å². The fraction of sp³-hybridized carbons (Fsp3) is 0.273. The van der Waals surface area contributed by atoms with E-state index in [1.54, 1.807) is 18.2 Å². The number of halogens is 1. The third kappa shape index (κ3) is 4.28. The maximum Gasteiger partial charge on any atom is 0.247 e. The molecule has 0 fully saturated rings. The van der Waals surface area contributed by atoms with E-state index in [0.717, 1.165) is 5.56 Å². The number of aromatic nitrogens is 5. The van der Waals surface area contributed by atoms with Crippen molar-refractivity contribution in [2.75, 3.05) is 0 Å². The van der Waals surface area contributed by atoms with Gasteiger partial charge in [-0.15, -0.1) is 20.4 Å². The second kappa shape index (κ2) is 8.79. The summed E-state index contributed by atoms with van der Waals surface area (Å²) in [5, 5.41) is 17.5. The van der Waals surface area contributed by atoms with Crippen molar-refractivity contribution in [1.82, 2.24) is 25.0 Å². The van der Waals surface area contributed by atoms with Crippen LogP contribution >= 0.6 is 11.8 Å². The molecule has 0 aliphatic heterocycles. The van der Waals surface area contributed by atoms with Gasteiger partial charge in [-0.1, -0.05) is 55.9 Å². The van der Waals surface area contributed by atoms with Crippen LogP contribution in [0.4, 0.5) is 4.39 Å². The lowest BCUT2D eigenvalue weighted by atomic mass is 10.2. The van der Waals surface area contributed by atoms with Crippen LogP contribution in [0.5, 0.6) is 0 Å². The van der Waals surface area contributed by atoms with Crippen LogP contribution in [0.15, 0.2) is 64.2 Å². The Morgan fingerprint density at radius 1 is 0.933 bits per heavy atom. The largest absolute Gasteiger partial charge is 0.419 e. The lowest BCUT2D eigenvalue weighted by Gasteiger charge is -2.14. The number of thioether (sulfide) groups is 1. The van der Waals surface area contributed by atoms with Crippen molar-refractivity contribution in [3.8, 4) is 22.8 Å². The molecule has 2 aromatic carbocycles. The fourth-order valence-electron chi connectivity index (χ4n) is 3.05. The van der Waals surface area contributed by atoms with E-state index in [4.69, 9.17) is 4.42 Å². The van der Waals surface area contributed by atoms with E-state index in [1.165, 1.54) is 17.8 Å². The van der Waals surface area contributed by atoms with Crippen molar-refractivity contribution < 1.29 is 8.81 Å². The summed E-state index contributed by atoms with van der Waals surface area (Å²) in [6.07, 6.45) is 0. The van der Waals surface area contributed by atoms with Crippen molar-refractivity contribution in [1.29, 1.82) is 0 Å². The van der Waals surface area contributed by atoms with Crippen LogP contribution in [-0.2, 0) is 6.54 Å². The summed E-state index contributed by atoms with van der Waals surface area (Å²) < 4.78 is 22.2. The molecule has 0 bridgehead atoms. The van der Waals surface area contributed by atoms with Gasteiger partial charge in [0, 0.05) is 12.1 Å². The molecule has 1 atom stereocenters. The van der Waals surface area contributed by atoms with Gasteiger partial charge in [0.05, 0.1) is 10.8 Å². The second-order valence-electron chi connectivity index (χ2n) is 7.36. The number of nitrogens with zero attached hydrogens (tertiary/aromatic N) is 5. The smallest absolute Gasteiger partial charge is 0.247 e. The standard InChI is InChI=1S/C22H22FN5OS/c1-14(2)13-28-19(17-11-7-8-12-18(17)23)24-27-22(28)30-15(3)20-25-26-21(29-20)16-9-5-4-6-10-16/h4-12,14-15H,13H2,1-3H3. The first-order valence-corrected chi connectivity index (χ1v) is 10.6. The van der Waals surface area contributed by atoms with E-state index in [1.807, 2.05) is 41.8 Å². The molecule has 0 saturated heterocycles. The van der Waals surface area contributed by atoms with E-state index >= 15 is 0 Å². The minimum Gasteiger partial charge on any atom is -0.419 e. The Kier molecular flexibility index (Phi) is 5.94. The normalized spacial score (nSPS) is 12.4. The predicted molar refractivity (Wildman–Crippen MR) is 114 cm³/mol. The highest BCUT2D eigenvalue weighted by Crippen LogP contribution is 2.36. The maximum atomic E-state index is 14.4. The van der Waals surface area contributed by atoms with Gasteiger partial charge in [-0.2, -0.15) is 0 Å². The summed E-state index contributed by atoms with van der Waals surface area (Å²) in [6, 6.07) is 16.3. The Morgan fingerprint density at radius 2 is 1.67 bits per heavy atom. The summed E-state index contributed by atoms with van der Waals surface area (Å²) in [5.74, 6) is 1.53. The first kappa shape index (κ1) is 20.3. The minimum absolute atomic E-state index is 0.140. The molecule has 0 aliphatic carbocycles. The minimum atomic E-state index is -0.316. The van der Waals surface area contributed by atoms with Gasteiger partial charge in [-0.05, 0) is 37.1 Å². The Balaban J connectivity index is 1.61. The molecule has 30 heavy (non-hydrogen) atoms. The zero-order chi connectivity index (χ0) is 21.1. The molecular weight excluding hydrogens is 401 g/mol. The summed E-state index contributed by atoms with van der Waals surface area (Å²) in [7, 11) is 0. The van der Waals surface area contributed by atoms with Gasteiger partial charge < -0.3 is 8.98 Å². The summed E-state index contributed by atoms with van der Waals surface area (Å²) in [6.45, 7) is 6.86. The third-order valence-corrected chi connectivity index (χ3v) is 5.54. The van der Waals surface area contributed by atoms with Crippen molar-refractivity contribution in [2.24, 2.45) is 5.92 Å². The fourth-order valence-corrected chi connectivity index (χ4v) is 3.94. The lowest BCUT2D eigenvalue weighted by molar-refractivity contribution is 0.492. The molecule has 0 aliphatic rings. The monoisotopic (exact) mass is 423 g/mol. The highest BCUT2D eigenvalue weighted by Gasteiger charge is 2.23. The number of hydrogen-bond acceptors (Lipinski definition) is 6. The number of hydrogen-bond donors (Lipinski definition) is 0. The van der Waals surface area contributed by atoms with E-state index in [9.17, 15) is 4.39 Å².